The zero-order chi connectivity index (χ0) is 16.4. The van der Waals surface area contributed by atoms with Gasteiger partial charge in [0.1, 0.15) is 0 Å². The van der Waals surface area contributed by atoms with Gasteiger partial charge in [-0.3, -0.25) is 4.79 Å². The zero-order valence-corrected chi connectivity index (χ0v) is 14.8. The van der Waals surface area contributed by atoms with E-state index in [1.54, 1.807) is 12.2 Å². The number of carbonyl (C=O) groups is 1. The van der Waals surface area contributed by atoms with Gasteiger partial charge in [-0.15, -0.1) is 0 Å². The lowest BCUT2D eigenvalue weighted by molar-refractivity contribution is -0.126. The van der Waals surface area contributed by atoms with Crippen LogP contribution in [-0.2, 0) is 14.3 Å². The van der Waals surface area contributed by atoms with E-state index in [1.165, 1.54) is 6.42 Å². The van der Waals surface area contributed by atoms with E-state index >= 15 is 0 Å². The Kier molecular flexibility index (Phi) is 8.72. The fourth-order valence-corrected chi connectivity index (χ4v) is 2.35. The summed E-state index contributed by atoms with van der Waals surface area (Å²) < 4.78 is 11.5. The maximum absolute atomic E-state index is 11.9. The van der Waals surface area contributed by atoms with Gasteiger partial charge in [0.2, 0.25) is 5.91 Å². The molecule has 4 nitrogen and oxygen atoms in total. The standard InChI is InChI=1S/C18H33NO3/c1-16(2)10-14-22-18(3,4)15-21-13-8-9-17(20)19-11-6-5-7-12-19/h8-9,16H,5-7,10-15H2,1-4H3/b9-8+. The number of hydrogen-bond acceptors (Lipinski definition) is 3. The van der Waals surface area contributed by atoms with Gasteiger partial charge in [-0.2, -0.15) is 0 Å². The van der Waals surface area contributed by atoms with Gasteiger partial charge < -0.3 is 14.4 Å². The van der Waals surface area contributed by atoms with Crippen LogP contribution in [0.5, 0.6) is 0 Å². The molecule has 1 fully saturated rings. The third-order valence-corrected chi connectivity index (χ3v) is 3.78. The second-order valence-corrected chi connectivity index (χ2v) is 7.09. The molecule has 0 unspecified atom stereocenters. The first-order valence-corrected chi connectivity index (χ1v) is 8.58. The van der Waals surface area contributed by atoms with E-state index in [2.05, 4.69) is 13.8 Å². The summed E-state index contributed by atoms with van der Waals surface area (Å²) in [5.41, 5.74) is -0.278. The number of rotatable bonds is 9. The van der Waals surface area contributed by atoms with Crippen molar-refractivity contribution in [3.63, 3.8) is 0 Å². The number of piperidine rings is 1. The predicted molar refractivity (Wildman–Crippen MR) is 89.9 cm³/mol. The lowest BCUT2D eigenvalue weighted by atomic mass is 10.1. The van der Waals surface area contributed by atoms with E-state index in [9.17, 15) is 4.79 Å². The molecule has 0 bridgehead atoms. The van der Waals surface area contributed by atoms with Crippen molar-refractivity contribution in [2.45, 2.75) is 59.0 Å². The van der Waals surface area contributed by atoms with Crippen LogP contribution in [0.1, 0.15) is 53.4 Å². The number of nitrogens with zero attached hydrogens (tertiary/aromatic N) is 1. The SMILES string of the molecule is CC(C)CCOC(C)(C)COC/C=C/C(=O)N1CCCCC1. The molecule has 1 aliphatic rings. The van der Waals surface area contributed by atoms with Gasteiger partial charge in [0, 0.05) is 25.8 Å². The van der Waals surface area contributed by atoms with Crippen molar-refractivity contribution in [3.05, 3.63) is 12.2 Å². The van der Waals surface area contributed by atoms with Gasteiger partial charge in [-0.05, 0) is 45.4 Å². The van der Waals surface area contributed by atoms with E-state index in [4.69, 9.17) is 9.47 Å². The van der Waals surface area contributed by atoms with Crippen LogP contribution < -0.4 is 0 Å². The molecule has 0 atom stereocenters. The minimum atomic E-state index is -0.278. The summed E-state index contributed by atoms with van der Waals surface area (Å²) in [5.74, 6) is 0.760. The van der Waals surface area contributed by atoms with Gasteiger partial charge in [-0.1, -0.05) is 19.9 Å². The Morgan fingerprint density at radius 3 is 2.55 bits per heavy atom. The highest BCUT2D eigenvalue weighted by atomic mass is 16.5. The predicted octanol–water partition coefficient (Wildman–Crippen LogP) is 3.41. The van der Waals surface area contributed by atoms with Crippen LogP contribution in [0.15, 0.2) is 12.2 Å². The van der Waals surface area contributed by atoms with Crippen LogP contribution >= 0.6 is 0 Å². The van der Waals surface area contributed by atoms with Gasteiger partial charge >= 0.3 is 0 Å². The van der Waals surface area contributed by atoms with Crippen LogP contribution in [0.4, 0.5) is 0 Å². The highest BCUT2D eigenvalue weighted by Gasteiger charge is 2.18. The smallest absolute Gasteiger partial charge is 0.246 e. The van der Waals surface area contributed by atoms with Crippen molar-refractivity contribution in [2.75, 3.05) is 32.9 Å². The fourth-order valence-electron chi connectivity index (χ4n) is 2.35. The topological polar surface area (TPSA) is 38.8 Å². The van der Waals surface area contributed by atoms with Gasteiger partial charge in [0.15, 0.2) is 0 Å². The lowest BCUT2D eigenvalue weighted by Gasteiger charge is -2.26. The van der Waals surface area contributed by atoms with Crippen molar-refractivity contribution in [2.24, 2.45) is 5.92 Å². The molecule has 0 spiro atoms. The van der Waals surface area contributed by atoms with Crippen LogP contribution in [-0.4, -0.2) is 49.3 Å². The summed E-state index contributed by atoms with van der Waals surface area (Å²) in [5, 5.41) is 0. The Bertz CT molecular complexity index is 344. The minimum absolute atomic E-state index is 0.107. The quantitative estimate of drug-likeness (QED) is 0.484. The molecule has 4 heteroatoms. The molecular weight excluding hydrogens is 278 g/mol. The third-order valence-electron chi connectivity index (χ3n) is 3.78. The first-order valence-electron chi connectivity index (χ1n) is 8.58. The minimum Gasteiger partial charge on any atom is -0.374 e. The van der Waals surface area contributed by atoms with E-state index in [-0.39, 0.29) is 11.5 Å². The zero-order valence-electron chi connectivity index (χ0n) is 14.8. The average Bonchev–Trinajstić information content (AvgIpc) is 2.47. The van der Waals surface area contributed by atoms with Crippen LogP contribution in [0.25, 0.3) is 0 Å². The van der Waals surface area contributed by atoms with Crippen LogP contribution in [0, 0.1) is 5.92 Å². The molecule has 0 aromatic carbocycles. The second kappa shape index (κ2) is 10.0. The van der Waals surface area contributed by atoms with Crippen molar-refractivity contribution >= 4 is 5.91 Å². The molecule has 128 valence electrons. The van der Waals surface area contributed by atoms with Crippen molar-refractivity contribution in [3.8, 4) is 0 Å². The Balaban J connectivity index is 2.14. The van der Waals surface area contributed by atoms with Crippen LogP contribution in [0.2, 0.25) is 0 Å². The van der Waals surface area contributed by atoms with E-state index in [0.717, 1.165) is 39.0 Å². The molecule has 1 amide bonds. The number of hydrogen-bond donors (Lipinski definition) is 0. The molecule has 0 aromatic heterocycles. The lowest BCUT2D eigenvalue weighted by Crippen LogP contribution is -2.34. The summed E-state index contributed by atoms with van der Waals surface area (Å²) in [4.78, 5) is 13.8. The third kappa shape index (κ3) is 8.54. The highest BCUT2D eigenvalue weighted by molar-refractivity contribution is 5.87. The average molecular weight is 311 g/mol. The molecule has 0 N–H and O–H groups in total. The molecule has 0 radical (unpaired) electrons. The van der Waals surface area contributed by atoms with Gasteiger partial charge in [0.05, 0.1) is 18.8 Å². The Morgan fingerprint density at radius 1 is 1.23 bits per heavy atom. The van der Waals surface area contributed by atoms with E-state index < -0.39 is 0 Å². The molecule has 0 aliphatic carbocycles. The number of ether oxygens (including phenoxy) is 2. The molecule has 1 heterocycles. The molecule has 0 saturated carbocycles. The van der Waals surface area contributed by atoms with Gasteiger partial charge in [-0.25, -0.2) is 0 Å². The molecule has 1 aliphatic heterocycles. The Hall–Kier alpha value is -0.870. The number of amides is 1. The van der Waals surface area contributed by atoms with E-state index in [0.29, 0.717) is 19.1 Å². The maximum Gasteiger partial charge on any atom is 0.246 e. The van der Waals surface area contributed by atoms with Crippen LogP contribution in [0.3, 0.4) is 0 Å². The summed E-state index contributed by atoms with van der Waals surface area (Å²) in [6, 6.07) is 0. The normalized spacial score (nSPS) is 16.7. The first kappa shape index (κ1) is 19.2. The summed E-state index contributed by atoms with van der Waals surface area (Å²) in [6.07, 6.45) is 7.99. The van der Waals surface area contributed by atoms with Crippen molar-refractivity contribution in [1.82, 2.24) is 4.90 Å². The Labute approximate surface area is 135 Å². The summed E-state index contributed by atoms with van der Waals surface area (Å²) >= 11 is 0. The molecule has 0 aromatic rings. The summed E-state index contributed by atoms with van der Waals surface area (Å²) in [7, 11) is 0. The monoisotopic (exact) mass is 311 g/mol. The molecule has 1 saturated heterocycles. The van der Waals surface area contributed by atoms with E-state index in [1.807, 2.05) is 18.7 Å². The van der Waals surface area contributed by atoms with Gasteiger partial charge in [0.25, 0.3) is 0 Å². The maximum atomic E-state index is 11.9. The van der Waals surface area contributed by atoms with Crippen molar-refractivity contribution in [1.29, 1.82) is 0 Å². The number of likely N-dealkylation sites (tertiary alicyclic amines) is 1. The molecular formula is C18H33NO3. The Morgan fingerprint density at radius 2 is 1.91 bits per heavy atom. The largest absolute Gasteiger partial charge is 0.374 e. The summed E-state index contributed by atoms with van der Waals surface area (Å²) in [6.45, 7) is 12.0. The molecule has 1 rings (SSSR count). The first-order chi connectivity index (χ1) is 10.4. The van der Waals surface area contributed by atoms with Crippen molar-refractivity contribution < 1.29 is 14.3 Å². The number of carbonyl (C=O) groups excluding carboxylic acids is 1. The highest BCUT2D eigenvalue weighted by Crippen LogP contribution is 2.12. The molecule has 22 heavy (non-hydrogen) atoms. The second-order valence-electron chi connectivity index (χ2n) is 7.09. The fraction of sp³-hybridized carbons (Fsp3) is 0.833.